The van der Waals surface area contributed by atoms with E-state index >= 15 is 0 Å². The van der Waals surface area contributed by atoms with Crippen LogP contribution in [0.3, 0.4) is 0 Å². The average molecular weight is 359 g/mol. The van der Waals surface area contributed by atoms with E-state index in [1.165, 1.54) is 10.7 Å². The summed E-state index contributed by atoms with van der Waals surface area (Å²) in [6.45, 7) is 2.44. The number of fused-ring (bicyclic) bond motifs is 1. The molecule has 0 aliphatic carbocycles. The van der Waals surface area contributed by atoms with E-state index in [4.69, 9.17) is 0 Å². The van der Waals surface area contributed by atoms with E-state index in [1.807, 2.05) is 37.3 Å². The Morgan fingerprint density at radius 1 is 0.963 bits per heavy atom. The Morgan fingerprint density at radius 2 is 1.67 bits per heavy atom. The topological polar surface area (TPSA) is 46.9 Å². The first kappa shape index (κ1) is 17.0. The monoisotopic (exact) mass is 359 g/mol. The van der Waals surface area contributed by atoms with Gasteiger partial charge in [0.05, 0.1) is 23.0 Å². The van der Waals surface area contributed by atoms with Crippen molar-refractivity contribution < 1.29 is 4.39 Å². The number of aryl methyl sites for hydroxylation is 1. The lowest BCUT2D eigenvalue weighted by Gasteiger charge is -2.16. The van der Waals surface area contributed by atoms with Crippen molar-refractivity contribution in [2.45, 2.75) is 13.5 Å². The molecule has 27 heavy (non-hydrogen) atoms. The Morgan fingerprint density at radius 3 is 2.44 bits per heavy atom. The number of hydrogen-bond acceptors (Lipinski definition) is 3. The molecule has 4 aromatic rings. The molecule has 4 rings (SSSR count). The van der Waals surface area contributed by atoms with Crippen molar-refractivity contribution in [3.63, 3.8) is 0 Å². The zero-order chi connectivity index (χ0) is 18.8. The first-order chi connectivity index (χ1) is 13.1. The predicted octanol–water partition coefficient (Wildman–Crippen LogP) is 4.25. The Balaban J connectivity index is 1.85. The predicted molar refractivity (Wildman–Crippen MR) is 106 cm³/mol. The minimum atomic E-state index is -0.425. The van der Waals surface area contributed by atoms with Gasteiger partial charge in [0.1, 0.15) is 5.82 Å². The average Bonchev–Trinajstić information content (AvgIpc) is 2.69. The van der Waals surface area contributed by atoms with Crippen LogP contribution in [-0.4, -0.2) is 9.66 Å². The molecular formula is C22H18FN3O. The second-order valence-electron chi connectivity index (χ2n) is 6.39. The standard InChI is InChI=1S/C22H18FN3O/c1-15-10-12-16(13-11-15)14-24-26-21(17-6-2-4-8-19(17)23)25-20-9-5-3-7-18(20)22(26)27/h2-13,24H,14H2,1H3. The van der Waals surface area contributed by atoms with Gasteiger partial charge in [0.15, 0.2) is 5.82 Å². The molecule has 5 heteroatoms. The zero-order valence-corrected chi connectivity index (χ0v) is 14.8. The van der Waals surface area contributed by atoms with Gasteiger partial charge in [-0.1, -0.05) is 54.1 Å². The zero-order valence-electron chi connectivity index (χ0n) is 14.8. The van der Waals surface area contributed by atoms with Gasteiger partial charge < -0.3 is 5.43 Å². The highest BCUT2D eigenvalue weighted by Gasteiger charge is 2.15. The lowest BCUT2D eigenvalue weighted by atomic mass is 10.1. The van der Waals surface area contributed by atoms with E-state index in [9.17, 15) is 9.18 Å². The lowest BCUT2D eigenvalue weighted by Crippen LogP contribution is -2.31. The van der Waals surface area contributed by atoms with E-state index in [0.717, 1.165) is 11.1 Å². The molecule has 134 valence electrons. The van der Waals surface area contributed by atoms with Gasteiger partial charge >= 0.3 is 0 Å². The Bertz CT molecular complexity index is 1170. The second kappa shape index (κ2) is 7.03. The molecule has 0 saturated carbocycles. The summed E-state index contributed by atoms with van der Waals surface area (Å²) in [5.41, 5.74) is 5.84. The maximum Gasteiger partial charge on any atom is 0.280 e. The highest BCUT2D eigenvalue weighted by Crippen LogP contribution is 2.21. The molecule has 1 heterocycles. The Hall–Kier alpha value is -3.47. The van der Waals surface area contributed by atoms with Crippen molar-refractivity contribution in [1.82, 2.24) is 9.66 Å². The summed E-state index contributed by atoms with van der Waals surface area (Å²) in [4.78, 5) is 17.6. The van der Waals surface area contributed by atoms with E-state index in [0.29, 0.717) is 17.4 Å². The molecule has 0 amide bonds. The molecule has 0 fully saturated rings. The molecule has 0 saturated heterocycles. The Labute approximate surface area is 155 Å². The van der Waals surface area contributed by atoms with Crippen LogP contribution in [0.2, 0.25) is 0 Å². The number of halogens is 1. The number of nitrogens with one attached hydrogen (secondary N) is 1. The van der Waals surface area contributed by atoms with Crippen LogP contribution in [0.1, 0.15) is 11.1 Å². The highest BCUT2D eigenvalue weighted by atomic mass is 19.1. The van der Waals surface area contributed by atoms with Crippen LogP contribution in [0, 0.1) is 12.7 Å². The summed E-state index contributed by atoms with van der Waals surface area (Å²) in [7, 11) is 0. The van der Waals surface area contributed by atoms with Gasteiger partial charge in [0.25, 0.3) is 5.56 Å². The molecule has 0 spiro atoms. The van der Waals surface area contributed by atoms with Crippen molar-refractivity contribution in [3.05, 3.63) is 100 Å². The van der Waals surface area contributed by atoms with Gasteiger partial charge in [-0.2, -0.15) is 0 Å². The molecular weight excluding hydrogens is 341 g/mol. The Kier molecular flexibility index (Phi) is 4.42. The van der Waals surface area contributed by atoms with Crippen LogP contribution in [0.5, 0.6) is 0 Å². The molecule has 1 aromatic heterocycles. The molecule has 0 bridgehead atoms. The number of hydrogen-bond donors (Lipinski definition) is 1. The lowest BCUT2D eigenvalue weighted by molar-refractivity contribution is 0.627. The minimum absolute atomic E-state index is 0.254. The molecule has 3 aromatic carbocycles. The first-order valence-corrected chi connectivity index (χ1v) is 8.69. The minimum Gasteiger partial charge on any atom is -0.317 e. The van der Waals surface area contributed by atoms with Crippen LogP contribution < -0.4 is 11.0 Å². The number of para-hydroxylation sites is 1. The van der Waals surface area contributed by atoms with Gasteiger partial charge in [-0.05, 0) is 36.8 Å². The van der Waals surface area contributed by atoms with Gasteiger partial charge in [0.2, 0.25) is 0 Å². The van der Waals surface area contributed by atoms with E-state index in [2.05, 4.69) is 10.4 Å². The smallest absolute Gasteiger partial charge is 0.280 e. The van der Waals surface area contributed by atoms with Crippen LogP contribution >= 0.6 is 0 Å². The quantitative estimate of drug-likeness (QED) is 0.592. The normalized spacial score (nSPS) is 10.9. The molecule has 0 aliphatic rings. The van der Waals surface area contributed by atoms with Crippen molar-refractivity contribution in [2.24, 2.45) is 0 Å². The fourth-order valence-electron chi connectivity index (χ4n) is 2.98. The third-order valence-electron chi connectivity index (χ3n) is 4.45. The van der Waals surface area contributed by atoms with Crippen LogP contribution in [0.15, 0.2) is 77.6 Å². The van der Waals surface area contributed by atoms with Crippen molar-refractivity contribution in [1.29, 1.82) is 0 Å². The van der Waals surface area contributed by atoms with Crippen LogP contribution in [0.25, 0.3) is 22.3 Å². The van der Waals surface area contributed by atoms with Crippen LogP contribution in [0.4, 0.5) is 4.39 Å². The molecule has 0 atom stereocenters. The summed E-state index contributed by atoms with van der Waals surface area (Å²) in [5.74, 6) is -0.172. The van der Waals surface area contributed by atoms with Crippen LogP contribution in [-0.2, 0) is 6.54 Å². The molecule has 0 aliphatic heterocycles. The number of aromatic nitrogens is 2. The van der Waals surface area contributed by atoms with Gasteiger partial charge in [-0.15, -0.1) is 0 Å². The highest BCUT2D eigenvalue weighted by molar-refractivity contribution is 5.79. The molecule has 0 radical (unpaired) electrons. The van der Waals surface area contributed by atoms with Gasteiger partial charge in [-0.3, -0.25) is 4.79 Å². The number of benzene rings is 3. The maximum absolute atomic E-state index is 14.4. The molecule has 1 N–H and O–H groups in total. The van der Waals surface area contributed by atoms with Crippen molar-refractivity contribution >= 4 is 10.9 Å². The van der Waals surface area contributed by atoms with E-state index in [-0.39, 0.29) is 16.9 Å². The second-order valence-corrected chi connectivity index (χ2v) is 6.39. The fourth-order valence-corrected chi connectivity index (χ4v) is 2.98. The molecule has 4 nitrogen and oxygen atoms in total. The van der Waals surface area contributed by atoms with Gasteiger partial charge in [-0.25, -0.2) is 14.1 Å². The first-order valence-electron chi connectivity index (χ1n) is 8.69. The largest absolute Gasteiger partial charge is 0.317 e. The summed E-state index contributed by atoms with van der Waals surface area (Å²) in [6, 6.07) is 21.4. The summed E-state index contributed by atoms with van der Waals surface area (Å²) in [5, 5.41) is 0.481. The third-order valence-corrected chi connectivity index (χ3v) is 4.45. The van der Waals surface area contributed by atoms with Gasteiger partial charge in [0, 0.05) is 0 Å². The molecule has 0 unspecified atom stereocenters. The number of rotatable bonds is 4. The maximum atomic E-state index is 14.4. The SMILES string of the molecule is Cc1ccc(CNn2c(-c3ccccc3F)nc3ccccc3c2=O)cc1. The van der Waals surface area contributed by atoms with E-state index < -0.39 is 5.82 Å². The fraction of sp³-hybridized carbons (Fsp3) is 0.0909. The van der Waals surface area contributed by atoms with Crippen molar-refractivity contribution in [2.75, 3.05) is 5.43 Å². The summed E-state index contributed by atoms with van der Waals surface area (Å²) in [6.07, 6.45) is 0. The number of nitrogens with zero attached hydrogens (tertiary/aromatic N) is 2. The third kappa shape index (κ3) is 3.31. The van der Waals surface area contributed by atoms with E-state index in [1.54, 1.807) is 36.4 Å². The summed E-state index contributed by atoms with van der Waals surface area (Å²) >= 11 is 0. The van der Waals surface area contributed by atoms with Crippen molar-refractivity contribution in [3.8, 4) is 11.4 Å². The summed E-state index contributed by atoms with van der Waals surface area (Å²) < 4.78 is 15.7.